The van der Waals surface area contributed by atoms with Crippen LogP contribution >= 0.6 is 0 Å². The first-order chi connectivity index (χ1) is 8.04. The molecule has 0 aliphatic rings. The maximum absolute atomic E-state index is 11.3. The van der Waals surface area contributed by atoms with Crippen LogP contribution < -0.4 is 9.47 Å². The minimum atomic E-state index is -1.64. The molecular weight excluding hydrogens is 228 g/mol. The maximum atomic E-state index is 11.3. The Bertz CT molecular complexity index is 477. The Morgan fingerprint density at radius 1 is 1.18 bits per heavy atom. The number of Topliss-reactive ketones (excluding diaryl/α,β-unsaturated/α-hetero) is 1. The lowest BCUT2D eigenvalue weighted by molar-refractivity contribution is -0.131. The van der Waals surface area contributed by atoms with E-state index in [0.717, 1.165) is 0 Å². The van der Waals surface area contributed by atoms with Gasteiger partial charge in [0, 0.05) is 11.1 Å². The number of ether oxygens (including phenoxy) is 2. The van der Waals surface area contributed by atoms with Gasteiger partial charge < -0.3 is 14.6 Å². The zero-order valence-corrected chi connectivity index (χ0v) is 9.22. The van der Waals surface area contributed by atoms with Gasteiger partial charge >= 0.3 is 5.97 Å². The van der Waals surface area contributed by atoms with E-state index in [4.69, 9.17) is 14.6 Å². The Labute approximate surface area is 96.8 Å². The van der Waals surface area contributed by atoms with Crippen LogP contribution in [0.1, 0.15) is 20.7 Å². The number of carboxylic acid groups (broad SMARTS) is 1. The molecule has 0 saturated heterocycles. The summed E-state index contributed by atoms with van der Waals surface area (Å²) in [5.41, 5.74) is -0.291. The molecule has 90 valence electrons. The van der Waals surface area contributed by atoms with E-state index in [9.17, 15) is 14.4 Å². The molecule has 0 unspecified atom stereocenters. The van der Waals surface area contributed by atoms with Crippen molar-refractivity contribution in [3.63, 3.8) is 0 Å². The predicted molar refractivity (Wildman–Crippen MR) is 56.9 cm³/mol. The van der Waals surface area contributed by atoms with Crippen LogP contribution in [-0.2, 0) is 4.79 Å². The van der Waals surface area contributed by atoms with Gasteiger partial charge in [-0.3, -0.25) is 9.59 Å². The van der Waals surface area contributed by atoms with E-state index in [1.165, 1.54) is 26.4 Å². The lowest BCUT2D eigenvalue weighted by Crippen LogP contribution is -2.15. The summed E-state index contributed by atoms with van der Waals surface area (Å²) in [6, 6.07) is 2.42. The zero-order valence-electron chi connectivity index (χ0n) is 9.22. The number of benzene rings is 1. The summed E-state index contributed by atoms with van der Waals surface area (Å²) in [5.74, 6) is -2.38. The molecule has 17 heavy (non-hydrogen) atoms. The predicted octanol–water partition coefficient (Wildman–Crippen LogP) is 0.784. The largest absolute Gasteiger partial charge is 0.493 e. The number of carboxylic acids is 1. The first-order valence-electron chi connectivity index (χ1n) is 4.54. The number of methoxy groups -OCH3 is 2. The van der Waals surface area contributed by atoms with Gasteiger partial charge in [-0.05, 0) is 12.1 Å². The van der Waals surface area contributed by atoms with Crippen molar-refractivity contribution in [3.05, 3.63) is 23.3 Å². The van der Waals surface area contributed by atoms with Gasteiger partial charge in [0.25, 0.3) is 5.78 Å². The molecule has 0 saturated carbocycles. The fraction of sp³-hybridized carbons (Fsp3) is 0.182. The first-order valence-corrected chi connectivity index (χ1v) is 4.54. The Morgan fingerprint density at radius 2 is 1.71 bits per heavy atom. The summed E-state index contributed by atoms with van der Waals surface area (Å²) < 4.78 is 9.85. The van der Waals surface area contributed by atoms with Crippen LogP contribution in [0.5, 0.6) is 11.5 Å². The molecule has 0 radical (unpaired) electrons. The molecular formula is C11H10O6. The van der Waals surface area contributed by atoms with E-state index in [1.807, 2.05) is 0 Å². The van der Waals surface area contributed by atoms with Crippen molar-refractivity contribution in [2.24, 2.45) is 0 Å². The second kappa shape index (κ2) is 5.11. The second-order valence-electron chi connectivity index (χ2n) is 3.05. The van der Waals surface area contributed by atoms with Gasteiger partial charge in [0.2, 0.25) is 0 Å². The van der Waals surface area contributed by atoms with Crippen LogP contribution in [0.25, 0.3) is 0 Å². The average Bonchev–Trinajstić information content (AvgIpc) is 2.35. The summed E-state index contributed by atoms with van der Waals surface area (Å²) in [5, 5.41) is 8.61. The van der Waals surface area contributed by atoms with Gasteiger partial charge in [0.05, 0.1) is 14.2 Å². The van der Waals surface area contributed by atoms with E-state index in [2.05, 4.69) is 0 Å². The molecule has 1 N–H and O–H groups in total. The molecule has 0 aliphatic heterocycles. The average molecular weight is 238 g/mol. The molecule has 1 aromatic rings. The third-order valence-electron chi connectivity index (χ3n) is 2.12. The normalized spacial score (nSPS) is 9.53. The van der Waals surface area contributed by atoms with Crippen LogP contribution in [0.15, 0.2) is 12.1 Å². The molecule has 1 rings (SSSR count). The van der Waals surface area contributed by atoms with Crippen LogP contribution in [0, 0.1) is 0 Å². The molecule has 0 spiro atoms. The molecule has 0 atom stereocenters. The van der Waals surface area contributed by atoms with Gasteiger partial charge in [0.1, 0.15) is 0 Å². The molecule has 0 aromatic heterocycles. The molecule has 6 heteroatoms. The minimum absolute atomic E-state index is 0.0601. The number of hydrogen-bond acceptors (Lipinski definition) is 5. The molecule has 0 aliphatic carbocycles. The molecule has 0 amide bonds. The number of ketones is 1. The quantitative estimate of drug-likeness (QED) is 0.463. The summed E-state index contributed by atoms with van der Waals surface area (Å²) in [6.45, 7) is 0. The molecule has 0 fully saturated rings. The minimum Gasteiger partial charge on any atom is -0.493 e. The van der Waals surface area contributed by atoms with Crippen molar-refractivity contribution in [1.29, 1.82) is 0 Å². The van der Waals surface area contributed by atoms with Gasteiger partial charge in [-0.15, -0.1) is 0 Å². The van der Waals surface area contributed by atoms with E-state index in [-0.39, 0.29) is 22.6 Å². The number of aldehydes is 1. The fourth-order valence-corrected chi connectivity index (χ4v) is 1.30. The van der Waals surface area contributed by atoms with Crippen LogP contribution in [-0.4, -0.2) is 37.4 Å². The van der Waals surface area contributed by atoms with Crippen molar-refractivity contribution < 1.29 is 29.0 Å². The Balaban J connectivity index is 3.43. The van der Waals surface area contributed by atoms with Crippen molar-refractivity contribution in [2.75, 3.05) is 14.2 Å². The van der Waals surface area contributed by atoms with Crippen LogP contribution in [0.4, 0.5) is 0 Å². The maximum Gasteiger partial charge on any atom is 0.377 e. The number of aliphatic carboxylic acids is 1. The number of carbonyl (C=O) groups is 3. The Hall–Kier alpha value is -2.37. The Kier molecular flexibility index (Phi) is 3.82. The van der Waals surface area contributed by atoms with Crippen LogP contribution in [0.2, 0.25) is 0 Å². The van der Waals surface area contributed by atoms with Gasteiger partial charge in [0.15, 0.2) is 17.8 Å². The monoisotopic (exact) mass is 238 g/mol. The van der Waals surface area contributed by atoms with Gasteiger partial charge in [-0.2, -0.15) is 0 Å². The highest BCUT2D eigenvalue weighted by atomic mass is 16.5. The lowest BCUT2D eigenvalue weighted by Gasteiger charge is -2.10. The number of hydrogen-bond donors (Lipinski definition) is 1. The van der Waals surface area contributed by atoms with Gasteiger partial charge in [-0.1, -0.05) is 0 Å². The zero-order chi connectivity index (χ0) is 13.0. The second-order valence-corrected chi connectivity index (χ2v) is 3.05. The standard InChI is InChI=1S/C11H10O6/c1-16-8-3-6(5-12)7(4-9(8)17-2)10(13)11(14)15/h3-5H,1-2H3,(H,14,15). The molecule has 0 bridgehead atoms. The number of carbonyl (C=O) groups excluding carboxylic acids is 2. The SMILES string of the molecule is COc1cc(C=O)c(C(=O)C(=O)O)cc1OC. The van der Waals surface area contributed by atoms with Crippen LogP contribution in [0.3, 0.4) is 0 Å². The Morgan fingerprint density at radius 3 is 2.12 bits per heavy atom. The van der Waals surface area contributed by atoms with Crippen molar-refractivity contribution in [2.45, 2.75) is 0 Å². The summed E-state index contributed by atoms with van der Waals surface area (Å²) in [4.78, 5) is 32.7. The highest BCUT2D eigenvalue weighted by molar-refractivity contribution is 6.41. The smallest absolute Gasteiger partial charge is 0.377 e. The third kappa shape index (κ3) is 2.41. The highest BCUT2D eigenvalue weighted by Gasteiger charge is 2.21. The molecule has 1 aromatic carbocycles. The third-order valence-corrected chi connectivity index (χ3v) is 2.12. The highest BCUT2D eigenvalue weighted by Crippen LogP contribution is 2.30. The van der Waals surface area contributed by atoms with Crippen molar-refractivity contribution >= 4 is 18.0 Å². The number of rotatable bonds is 5. The van der Waals surface area contributed by atoms with Crippen molar-refractivity contribution in [1.82, 2.24) is 0 Å². The lowest BCUT2D eigenvalue weighted by atomic mass is 10.0. The van der Waals surface area contributed by atoms with E-state index < -0.39 is 11.8 Å². The summed E-state index contributed by atoms with van der Waals surface area (Å²) in [6.07, 6.45) is 0.387. The van der Waals surface area contributed by atoms with E-state index in [0.29, 0.717) is 6.29 Å². The summed E-state index contributed by atoms with van der Waals surface area (Å²) in [7, 11) is 2.71. The van der Waals surface area contributed by atoms with Gasteiger partial charge in [-0.25, -0.2) is 4.79 Å². The molecule has 0 heterocycles. The fourth-order valence-electron chi connectivity index (χ4n) is 1.30. The van der Waals surface area contributed by atoms with Crippen molar-refractivity contribution in [3.8, 4) is 11.5 Å². The van der Waals surface area contributed by atoms with E-state index in [1.54, 1.807) is 0 Å². The first kappa shape index (κ1) is 12.7. The topological polar surface area (TPSA) is 89.9 Å². The summed E-state index contributed by atoms with van der Waals surface area (Å²) >= 11 is 0. The van der Waals surface area contributed by atoms with E-state index >= 15 is 0 Å². The molecule has 6 nitrogen and oxygen atoms in total.